The van der Waals surface area contributed by atoms with Gasteiger partial charge in [0.25, 0.3) is 0 Å². The Kier molecular flexibility index (Phi) is 5.09. The lowest BCUT2D eigenvalue weighted by Gasteiger charge is -2.33. The summed E-state index contributed by atoms with van der Waals surface area (Å²) in [6.45, 7) is 2.24. The fourth-order valence-electron chi connectivity index (χ4n) is 3.01. The molecule has 134 valence electrons. The summed E-state index contributed by atoms with van der Waals surface area (Å²) >= 11 is 0. The summed E-state index contributed by atoms with van der Waals surface area (Å²) in [5.74, 6) is -0.283. The number of halogens is 3. The molecule has 1 saturated heterocycles. The number of carbonyl (C=O) groups excluding carboxylic acids is 1. The van der Waals surface area contributed by atoms with Crippen molar-refractivity contribution >= 4 is 5.91 Å². The van der Waals surface area contributed by atoms with Crippen LogP contribution in [0.15, 0.2) is 6.07 Å². The SMILES string of the molecule is O=C(CCc1cc2n(n1)CCCNC2)N1CCO[C@H](C(F)(F)F)C1. The molecule has 0 aromatic carbocycles. The lowest BCUT2D eigenvalue weighted by Crippen LogP contribution is -2.51. The molecule has 3 heterocycles. The van der Waals surface area contributed by atoms with Crippen molar-refractivity contribution in [2.45, 2.75) is 44.6 Å². The summed E-state index contributed by atoms with van der Waals surface area (Å²) in [5, 5.41) is 7.78. The van der Waals surface area contributed by atoms with Gasteiger partial charge in [-0.1, -0.05) is 0 Å². The Morgan fingerprint density at radius 3 is 3.04 bits per heavy atom. The van der Waals surface area contributed by atoms with E-state index in [0.717, 1.165) is 37.4 Å². The molecular weight excluding hydrogens is 325 g/mol. The molecule has 1 N–H and O–H groups in total. The van der Waals surface area contributed by atoms with Gasteiger partial charge in [-0.15, -0.1) is 0 Å². The van der Waals surface area contributed by atoms with Crippen molar-refractivity contribution in [2.24, 2.45) is 0 Å². The second-order valence-electron chi connectivity index (χ2n) is 6.12. The summed E-state index contributed by atoms with van der Waals surface area (Å²) in [4.78, 5) is 13.4. The molecule has 2 aliphatic heterocycles. The summed E-state index contributed by atoms with van der Waals surface area (Å²) in [6.07, 6.45) is -4.72. The fourth-order valence-corrected chi connectivity index (χ4v) is 3.01. The van der Waals surface area contributed by atoms with Gasteiger partial charge in [-0.05, 0) is 19.0 Å². The zero-order chi connectivity index (χ0) is 17.2. The van der Waals surface area contributed by atoms with Gasteiger partial charge in [-0.3, -0.25) is 9.48 Å². The zero-order valence-corrected chi connectivity index (χ0v) is 13.3. The number of morpholine rings is 1. The van der Waals surface area contributed by atoms with Crippen molar-refractivity contribution in [1.82, 2.24) is 20.0 Å². The number of amides is 1. The van der Waals surface area contributed by atoms with Crippen LogP contribution in [0.3, 0.4) is 0 Å². The predicted octanol–water partition coefficient (Wildman–Crippen LogP) is 1.10. The number of nitrogens with zero attached hydrogens (tertiary/aromatic N) is 3. The number of nitrogens with one attached hydrogen (secondary N) is 1. The molecule has 0 unspecified atom stereocenters. The number of fused-ring (bicyclic) bond motifs is 1. The van der Waals surface area contributed by atoms with E-state index in [2.05, 4.69) is 10.4 Å². The van der Waals surface area contributed by atoms with E-state index in [1.807, 2.05) is 10.7 Å². The lowest BCUT2D eigenvalue weighted by molar-refractivity contribution is -0.236. The van der Waals surface area contributed by atoms with Crippen LogP contribution >= 0.6 is 0 Å². The van der Waals surface area contributed by atoms with E-state index >= 15 is 0 Å². The van der Waals surface area contributed by atoms with E-state index < -0.39 is 18.8 Å². The Bertz CT molecular complexity index is 564. The van der Waals surface area contributed by atoms with Crippen LogP contribution in [0.5, 0.6) is 0 Å². The maximum atomic E-state index is 12.7. The van der Waals surface area contributed by atoms with Gasteiger partial charge in [0, 0.05) is 32.5 Å². The Hall–Kier alpha value is -1.61. The quantitative estimate of drug-likeness (QED) is 0.890. The molecule has 2 aliphatic rings. The third-order valence-electron chi connectivity index (χ3n) is 4.32. The number of hydrogen-bond acceptors (Lipinski definition) is 4. The van der Waals surface area contributed by atoms with E-state index in [0.29, 0.717) is 6.42 Å². The van der Waals surface area contributed by atoms with Crippen molar-refractivity contribution < 1.29 is 22.7 Å². The van der Waals surface area contributed by atoms with Crippen LogP contribution in [0, 0.1) is 0 Å². The van der Waals surface area contributed by atoms with Crippen LogP contribution < -0.4 is 5.32 Å². The summed E-state index contributed by atoms with van der Waals surface area (Å²) < 4.78 is 44.8. The Labute approximate surface area is 137 Å². The van der Waals surface area contributed by atoms with Gasteiger partial charge in [0.1, 0.15) is 0 Å². The molecule has 9 heteroatoms. The summed E-state index contributed by atoms with van der Waals surface area (Å²) in [5.41, 5.74) is 1.89. The third-order valence-corrected chi connectivity index (χ3v) is 4.32. The molecule has 0 bridgehead atoms. The molecule has 1 fully saturated rings. The number of ether oxygens (including phenoxy) is 1. The standard InChI is InChI=1S/C15H21F3N4O2/c16-15(17,18)13-10-21(6-7-24-13)14(23)3-2-11-8-12-9-19-4-1-5-22(12)20-11/h8,13,19H,1-7,9-10H2/t13-/m0/s1. The van der Waals surface area contributed by atoms with E-state index in [1.54, 1.807) is 0 Å². The number of alkyl halides is 3. The normalized spacial score (nSPS) is 22.1. The number of aryl methyl sites for hydroxylation is 2. The van der Waals surface area contributed by atoms with Gasteiger partial charge in [-0.25, -0.2) is 0 Å². The molecule has 1 amide bonds. The molecular formula is C15H21F3N4O2. The first-order valence-electron chi connectivity index (χ1n) is 8.16. The molecule has 0 saturated carbocycles. The summed E-state index contributed by atoms with van der Waals surface area (Å²) in [7, 11) is 0. The van der Waals surface area contributed by atoms with Crippen LogP contribution in [0.1, 0.15) is 24.2 Å². The van der Waals surface area contributed by atoms with Crippen molar-refractivity contribution in [3.8, 4) is 0 Å². The molecule has 6 nitrogen and oxygen atoms in total. The minimum absolute atomic E-state index is 0.0830. The first-order valence-corrected chi connectivity index (χ1v) is 8.16. The second kappa shape index (κ2) is 7.10. The molecule has 0 aliphatic carbocycles. The number of aromatic nitrogens is 2. The van der Waals surface area contributed by atoms with Gasteiger partial charge in [0.15, 0.2) is 6.10 Å². The maximum absolute atomic E-state index is 12.7. The average molecular weight is 346 g/mol. The fraction of sp³-hybridized carbons (Fsp3) is 0.733. The van der Waals surface area contributed by atoms with Crippen molar-refractivity contribution in [2.75, 3.05) is 26.2 Å². The van der Waals surface area contributed by atoms with E-state index in [1.165, 1.54) is 4.90 Å². The van der Waals surface area contributed by atoms with Crippen LogP contribution in [-0.4, -0.2) is 59.1 Å². The highest BCUT2D eigenvalue weighted by Gasteiger charge is 2.44. The molecule has 1 atom stereocenters. The summed E-state index contributed by atoms with van der Waals surface area (Å²) in [6, 6.07) is 1.96. The molecule has 0 radical (unpaired) electrons. The van der Waals surface area contributed by atoms with Crippen LogP contribution in [0.4, 0.5) is 13.2 Å². The monoisotopic (exact) mass is 346 g/mol. The van der Waals surface area contributed by atoms with Crippen molar-refractivity contribution in [3.63, 3.8) is 0 Å². The van der Waals surface area contributed by atoms with E-state index in [-0.39, 0.29) is 25.5 Å². The Morgan fingerprint density at radius 1 is 1.42 bits per heavy atom. The largest absolute Gasteiger partial charge is 0.416 e. The highest BCUT2D eigenvalue weighted by Crippen LogP contribution is 2.26. The lowest BCUT2D eigenvalue weighted by atomic mass is 10.2. The van der Waals surface area contributed by atoms with Crippen LogP contribution in [0.2, 0.25) is 0 Å². The second-order valence-corrected chi connectivity index (χ2v) is 6.12. The molecule has 3 rings (SSSR count). The van der Waals surface area contributed by atoms with Gasteiger partial charge < -0.3 is 15.0 Å². The Balaban J connectivity index is 1.54. The van der Waals surface area contributed by atoms with E-state index in [9.17, 15) is 18.0 Å². The Morgan fingerprint density at radius 2 is 2.25 bits per heavy atom. The minimum atomic E-state index is -4.44. The third kappa shape index (κ3) is 4.07. The minimum Gasteiger partial charge on any atom is -0.365 e. The van der Waals surface area contributed by atoms with Crippen LogP contribution in [0.25, 0.3) is 0 Å². The number of carbonyl (C=O) groups is 1. The molecule has 24 heavy (non-hydrogen) atoms. The zero-order valence-electron chi connectivity index (χ0n) is 13.3. The highest BCUT2D eigenvalue weighted by atomic mass is 19.4. The molecule has 1 aromatic rings. The average Bonchev–Trinajstić information content (AvgIpc) is 2.81. The van der Waals surface area contributed by atoms with Gasteiger partial charge >= 0.3 is 6.18 Å². The highest BCUT2D eigenvalue weighted by molar-refractivity contribution is 5.76. The first kappa shape index (κ1) is 17.2. The topological polar surface area (TPSA) is 59.4 Å². The molecule has 1 aromatic heterocycles. The van der Waals surface area contributed by atoms with Gasteiger partial charge in [-0.2, -0.15) is 18.3 Å². The van der Waals surface area contributed by atoms with Gasteiger partial charge in [0.05, 0.1) is 24.5 Å². The first-order chi connectivity index (χ1) is 11.4. The van der Waals surface area contributed by atoms with Crippen molar-refractivity contribution in [3.05, 3.63) is 17.5 Å². The number of rotatable bonds is 3. The predicted molar refractivity (Wildman–Crippen MR) is 79.2 cm³/mol. The van der Waals surface area contributed by atoms with Crippen molar-refractivity contribution in [1.29, 1.82) is 0 Å². The van der Waals surface area contributed by atoms with Crippen LogP contribution in [-0.2, 0) is 29.0 Å². The number of hydrogen-bond donors (Lipinski definition) is 1. The van der Waals surface area contributed by atoms with E-state index in [4.69, 9.17) is 4.74 Å². The van der Waals surface area contributed by atoms with Gasteiger partial charge in [0.2, 0.25) is 5.91 Å². The molecule has 0 spiro atoms. The smallest absolute Gasteiger partial charge is 0.365 e. The maximum Gasteiger partial charge on any atom is 0.416 e.